The first-order valence-corrected chi connectivity index (χ1v) is 5.25. The molecule has 0 aliphatic carbocycles. The third kappa shape index (κ3) is 2.76. The Hall–Kier alpha value is -1.97. The highest BCUT2D eigenvalue weighted by molar-refractivity contribution is 5.27. The summed E-state index contributed by atoms with van der Waals surface area (Å²) in [5, 5.41) is 3.94. The van der Waals surface area contributed by atoms with Crippen molar-refractivity contribution in [1.29, 1.82) is 0 Å². The van der Waals surface area contributed by atoms with E-state index in [1.807, 2.05) is 32.9 Å². The van der Waals surface area contributed by atoms with Gasteiger partial charge in [-0.1, -0.05) is 13.8 Å². The van der Waals surface area contributed by atoms with Crippen LogP contribution in [0.25, 0.3) is 5.69 Å². The zero-order valence-electron chi connectivity index (χ0n) is 9.71. The van der Waals surface area contributed by atoms with Crippen LogP contribution in [0.4, 0.5) is 0 Å². The number of hydrogen-bond donors (Lipinski definition) is 0. The van der Waals surface area contributed by atoms with E-state index in [9.17, 15) is 4.79 Å². The summed E-state index contributed by atoms with van der Waals surface area (Å²) >= 11 is 0. The molecule has 2 heterocycles. The third-order valence-electron chi connectivity index (χ3n) is 1.86. The highest BCUT2D eigenvalue weighted by atomic mass is 16.1. The molecular weight excluding hydrogens is 202 g/mol. The topological polar surface area (TPSA) is 47.8 Å². The molecule has 4 nitrogen and oxygen atoms in total. The van der Waals surface area contributed by atoms with E-state index < -0.39 is 0 Å². The summed E-state index contributed by atoms with van der Waals surface area (Å²) in [4.78, 5) is 15.5. The van der Waals surface area contributed by atoms with Gasteiger partial charge in [-0.3, -0.25) is 9.78 Å². The van der Waals surface area contributed by atoms with Crippen molar-refractivity contribution in [3.63, 3.8) is 0 Å². The van der Waals surface area contributed by atoms with E-state index in [2.05, 4.69) is 10.1 Å². The second-order valence-corrected chi connectivity index (χ2v) is 2.93. The lowest BCUT2D eigenvalue weighted by molar-refractivity contribution is 0.801. The zero-order chi connectivity index (χ0) is 12.0. The molecule has 0 radical (unpaired) electrons. The van der Waals surface area contributed by atoms with E-state index in [-0.39, 0.29) is 5.56 Å². The monoisotopic (exact) mass is 217 g/mol. The number of hydrogen-bond acceptors (Lipinski definition) is 3. The minimum absolute atomic E-state index is 0.154. The molecule has 0 atom stereocenters. The molecule has 2 aromatic rings. The number of nitrogens with zero attached hydrogens (tertiary/aromatic N) is 3. The molecule has 2 rings (SSSR count). The average Bonchev–Trinajstić information content (AvgIpc) is 2.34. The predicted molar refractivity (Wildman–Crippen MR) is 63.7 cm³/mol. The Morgan fingerprint density at radius 3 is 2.50 bits per heavy atom. The fraction of sp³-hybridized carbons (Fsp3) is 0.250. The molecular formula is C12H15N3O. The van der Waals surface area contributed by atoms with Crippen molar-refractivity contribution in [3.05, 3.63) is 52.7 Å². The maximum atomic E-state index is 11.4. The van der Waals surface area contributed by atoms with Crippen molar-refractivity contribution in [2.24, 2.45) is 0 Å². The second-order valence-electron chi connectivity index (χ2n) is 2.93. The Bertz CT molecular complexity index is 488. The molecule has 4 heteroatoms. The Labute approximate surface area is 94.6 Å². The van der Waals surface area contributed by atoms with Gasteiger partial charge in [-0.15, -0.1) is 0 Å². The number of rotatable bonds is 1. The van der Waals surface area contributed by atoms with Crippen molar-refractivity contribution in [1.82, 2.24) is 14.8 Å². The van der Waals surface area contributed by atoms with Crippen molar-refractivity contribution in [3.8, 4) is 5.69 Å². The van der Waals surface area contributed by atoms with E-state index in [0.717, 1.165) is 5.69 Å². The van der Waals surface area contributed by atoms with Crippen LogP contribution < -0.4 is 5.56 Å². The number of aryl methyl sites for hydroxylation is 1. The molecule has 0 unspecified atom stereocenters. The van der Waals surface area contributed by atoms with Crippen molar-refractivity contribution in [2.75, 3.05) is 0 Å². The van der Waals surface area contributed by atoms with Gasteiger partial charge in [-0.2, -0.15) is 9.78 Å². The number of aromatic nitrogens is 3. The smallest absolute Gasteiger partial charge is 0.267 e. The predicted octanol–water partition coefficient (Wildman–Crippen LogP) is 1.96. The Morgan fingerprint density at radius 1 is 1.19 bits per heavy atom. The van der Waals surface area contributed by atoms with Crippen LogP contribution in [0.2, 0.25) is 0 Å². The van der Waals surface area contributed by atoms with Crippen LogP contribution in [-0.4, -0.2) is 14.8 Å². The maximum Gasteiger partial charge on any atom is 0.271 e. The molecule has 0 N–H and O–H groups in total. The van der Waals surface area contributed by atoms with Crippen LogP contribution >= 0.6 is 0 Å². The molecule has 0 aromatic carbocycles. The maximum absolute atomic E-state index is 11.4. The van der Waals surface area contributed by atoms with Crippen LogP contribution in [0.5, 0.6) is 0 Å². The van der Waals surface area contributed by atoms with E-state index >= 15 is 0 Å². The minimum atomic E-state index is -0.154. The van der Waals surface area contributed by atoms with Crippen molar-refractivity contribution >= 4 is 0 Å². The van der Waals surface area contributed by atoms with E-state index in [0.29, 0.717) is 5.69 Å². The fourth-order valence-corrected chi connectivity index (χ4v) is 1.14. The standard InChI is InChI=1S/C10H9N3O.C2H6/c1-8-4-5-9(7-11-8)13-10(14)3-2-6-12-13;1-2/h2-7H,1H3;1-2H3. The van der Waals surface area contributed by atoms with Gasteiger partial charge in [0.1, 0.15) is 0 Å². The zero-order valence-corrected chi connectivity index (χ0v) is 9.71. The molecule has 16 heavy (non-hydrogen) atoms. The van der Waals surface area contributed by atoms with E-state index in [1.165, 1.54) is 10.7 Å². The molecule has 0 amide bonds. The first kappa shape index (κ1) is 12.1. The quantitative estimate of drug-likeness (QED) is 0.733. The van der Waals surface area contributed by atoms with E-state index in [4.69, 9.17) is 0 Å². The van der Waals surface area contributed by atoms with Gasteiger partial charge in [0.15, 0.2) is 0 Å². The molecule has 0 spiro atoms. The molecule has 0 aliphatic rings. The molecule has 84 valence electrons. The summed E-state index contributed by atoms with van der Waals surface area (Å²) in [6.45, 7) is 5.89. The summed E-state index contributed by atoms with van der Waals surface area (Å²) in [5.74, 6) is 0. The second kappa shape index (κ2) is 5.80. The van der Waals surface area contributed by atoms with Crippen LogP contribution in [0.15, 0.2) is 41.5 Å². The third-order valence-corrected chi connectivity index (χ3v) is 1.86. The van der Waals surface area contributed by atoms with Gasteiger partial charge < -0.3 is 0 Å². The summed E-state index contributed by atoms with van der Waals surface area (Å²) in [6.07, 6.45) is 3.20. The van der Waals surface area contributed by atoms with Gasteiger partial charge in [0.2, 0.25) is 0 Å². The average molecular weight is 217 g/mol. The SMILES string of the molecule is CC.Cc1ccc(-n2ncccc2=O)cn1. The van der Waals surface area contributed by atoms with Gasteiger partial charge >= 0.3 is 0 Å². The Morgan fingerprint density at radius 2 is 1.94 bits per heavy atom. The van der Waals surface area contributed by atoms with Gasteiger partial charge in [0.25, 0.3) is 5.56 Å². The Kier molecular flexibility index (Phi) is 4.39. The molecule has 0 saturated carbocycles. The molecule has 2 aromatic heterocycles. The normalized spacial score (nSPS) is 9.19. The van der Waals surface area contributed by atoms with Crippen molar-refractivity contribution in [2.45, 2.75) is 20.8 Å². The lowest BCUT2D eigenvalue weighted by atomic mass is 10.3. The highest BCUT2D eigenvalue weighted by Crippen LogP contribution is 2.01. The van der Waals surface area contributed by atoms with E-state index in [1.54, 1.807) is 18.5 Å². The van der Waals surface area contributed by atoms with Gasteiger partial charge in [-0.05, 0) is 25.1 Å². The molecule has 0 fully saturated rings. The first-order valence-electron chi connectivity index (χ1n) is 5.25. The lowest BCUT2D eigenvalue weighted by Gasteiger charge is -2.02. The van der Waals surface area contributed by atoms with Gasteiger partial charge in [0, 0.05) is 18.0 Å². The molecule has 0 saturated heterocycles. The number of pyridine rings is 1. The first-order chi connectivity index (χ1) is 7.77. The van der Waals surface area contributed by atoms with Crippen molar-refractivity contribution < 1.29 is 0 Å². The van der Waals surface area contributed by atoms with Crippen LogP contribution in [0, 0.1) is 6.92 Å². The Balaban J connectivity index is 0.000000606. The fourth-order valence-electron chi connectivity index (χ4n) is 1.14. The molecule has 0 bridgehead atoms. The summed E-state index contributed by atoms with van der Waals surface area (Å²) in [6, 6.07) is 6.74. The largest absolute Gasteiger partial charge is 0.271 e. The summed E-state index contributed by atoms with van der Waals surface area (Å²) in [7, 11) is 0. The minimum Gasteiger partial charge on any atom is -0.267 e. The highest BCUT2D eigenvalue weighted by Gasteiger charge is 1.98. The van der Waals surface area contributed by atoms with Crippen LogP contribution in [-0.2, 0) is 0 Å². The summed E-state index contributed by atoms with van der Waals surface area (Å²) < 4.78 is 1.31. The lowest BCUT2D eigenvalue weighted by Crippen LogP contribution is -2.19. The van der Waals surface area contributed by atoms with Crippen LogP contribution in [0.1, 0.15) is 19.5 Å². The van der Waals surface area contributed by atoms with Crippen LogP contribution in [0.3, 0.4) is 0 Å². The molecule has 0 aliphatic heterocycles. The summed E-state index contributed by atoms with van der Waals surface area (Å²) in [5.41, 5.74) is 1.44. The van der Waals surface area contributed by atoms with Gasteiger partial charge in [-0.25, -0.2) is 0 Å². The van der Waals surface area contributed by atoms with Gasteiger partial charge in [0.05, 0.1) is 11.9 Å².